The molecule has 0 radical (unpaired) electrons. The molecule has 0 amide bonds. The maximum absolute atomic E-state index is 11.1. The molecular weight excluding hydrogens is 310 g/mol. The highest BCUT2D eigenvalue weighted by Crippen LogP contribution is 2.30. The molecule has 1 heterocycles. The number of carbonyl (C=O) groups is 1. The van der Waals surface area contributed by atoms with Crippen molar-refractivity contribution in [2.75, 3.05) is 7.11 Å². The summed E-state index contributed by atoms with van der Waals surface area (Å²) >= 11 is 0. The van der Waals surface area contributed by atoms with E-state index in [0.717, 1.165) is 0 Å². The zero-order valence-electron chi connectivity index (χ0n) is 12.9. The molecule has 1 N–H and O–H groups in total. The van der Waals surface area contributed by atoms with E-state index in [0.29, 0.717) is 28.0 Å². The second kappa shape index (κ2) is 6.45. The second-order valence-corrected chi connectivity index (χ2v) is 5.14. The van der Waals surface area contributed by atoms with Gasteiger partial charge in [0.25, 0.3) is 0 Å². The fourth-order valence-corrected chi connectivity index (χ4v) is 2.35. The topological polar surface area (TPSA) is 95.6 Å². The van der Waals surface area contributed by atoms with Gasteiger partial charge in [-0.25, -0.2) is 4.98 Å². The number of phenolic OH excluding ortho intramolecular Hbond substituents is 1. The fraction of sp³-hybridized carbons (Fsp3) is 0.111. The summed E-state index contributed by atoms with van der Waals surface area (Å²) in [4.78, 5) is 15.4. The molecular formula is C18H14NO5-. The highest BCUT2D eigenvalue weighted by molar-refractivity contribution is 5.90. The Morgan fingerprint density at radius 3 is 2.79 bits per heavy atom. The van der Waals surface area contributed by atoms with Gasteiger partial charge in [0.2, 0.25) is 5.89 Å². The van der Waals surface area contributed by atoms with Crippen LogP contribution in [0.1, 0.15) is 17.9 Å². The monoisotopic (exact) mass is 324 g/mol. The van der Waals surface area contributed by atoms with Gasteiger partial charge in [-0.3, -0.25) is 0 Å². The van der Waals surface area contributed by atoms with Crippen LogP contribution in [0.3, 0.4) is 0 Å². The van der Waals surface area contributed by atoms with Gasteiger partial charge >= 0.3 is 0 Å². The number of fused-ring (bicyclic) bond motifs is 1. The fourth-order valence-electron chi connectivity index (χ4n) is 2.35. The van der Waals surface area contributed by atoms with Gasteiger partial charge in [0.05, 0.1) is 7.11 Å². The molecule has 122 valence electrons. The number of hydrogen-bond acceptors (Lipinski definition) is 6. The number of aliphatic carboxylic acids is 1. The van der Waals surface area contributed by atoms with Crippen LogP contribution in [0.25, 0.3) is 22.7 Å². The normalized spacial score (nSPS) is 11.6. The number of ether oxygens (including phenoxy) is 1. The summed E-state index contributed by atoms with van der Waals surface area (Å²) < 4.78 is 10.6. The van der Waals surface area contributed by atoms with Crippen molar-refractivity contribution < 1.29 is 24.2 Å². The lowest BCUT2D eigenvalue weighted by atomic mass is 10.1. The largest absolute Gasteiger partial charge is 0.550 e. The summed E-state index contributed by atoms with van der Waals surface area (Å²) in [5, 5.41) is 20.9. The van der Waals surface area contributed by atoms with Gasteiger partial charge in [0, 0.05) is 18.0 Å². The standard InChI is InChI=1S/C18H15NO5/c1-23-16-7-6-11(9-14(16)20)8-12(10-17(21)22)18-19-13-4-2-3-5-15(13)24-18/h2-9,20H,10H2,1H3,(H,21,22)/p-1/b12-8+. The predicted octanol–water partition coefficient (Wildman–Crippen LogP) is 2.22. The third-order valence-electron chi connectivity index (χ3n) is 3.45. The van der Waals surface area contributed by atoms with Crippen molar-refractivity contribution in [2.45, 2.75) is 6.42 Å². The van der Waals surface area contributed by atoms with E-state index in [-0.39, 0.29) is 18.1 Å². The Bertz CT molecular complexity index is 893. The van der Waals surface area contributed by atoms with Gasteiger partial charge in [0.15, 0.2) is 17.1 Å². The van der Waals surface area contributed by atoms with Crippen molar-refractivity contribution in [3.05, 3.63) is 53.9 Å². The zero-order valence-corrected chi connectivity index (χ0v) is 12.9. The maximum atomic E-state index is 11.1. The molecule has 6 heteroatoms. The lowest BCUT2D eigenvalue weighted by molar-refractivity contribution is -0.304. The van der Waals surface area contributed by atoms with Gasteiger partial charge in [0.1, 0.15) is 5.52 Å². The van der Waals surface area contributed by atoms with Crippen LogP contribution in [0, 0.1) is 0 Å². The lowest BCUT2D eigenvalue weighted by Crippen LogP contribution is -2.22. The summed E-state index contributed by atoms with van der Waals surface area (Å²) in [7, 11) is 1.45. The van der Waals surface area contributed by atoms with Gasteiger partial charge in [-0.15, -0.1) is 0 Å². The van der Waals surface area contributed by atoms with Crippen LogP contribution in [-0.2, 0) is 4.79 Å². The molecule has 0 saturated heterocycles. The summed E-state index contributed by atoms with van der Waals surface area (Å²) in [6.45, 7) is 0. The molecule has 0 saturated carbocycles. The minimum absolute atomic E-state index is 0.0448. The molecule has 24 heavy (non-hydrogen) atoms. The molecule has 0 bridgehead atoms. The smallest absolute Gasteiger partial charge is 0.223 e. The van der Waals surface area contributed by atoms with Gasteiger partial charge in [-0.05, 0) is 35.9 Å². The van der Waals surface area contributed by atoms with E-state index in [2.05, 4.69) is 4.98 Å². The predicted molar refractivity (Wildman–Crippen MR) is 86.2 cm³/mol. The SMILES string of the molecule is COc1ccc(/C=C(\CC(=O)[O-])c2nc3ccccc3o2)cc1O. The van der Waals surface area contributed by atoms with Crippen LogP contribution in [-0.4, -0.2) is 23.2 Å². The van der Waals surface area contributed by atoms with Crippen molar-refractivity contribution in [1.82, 2.24) is 4.98 Å². The van der Waals surface area contributed by atoms with Gasteiger partial charge < -0.3 is 24.2 Å². The van der Waals surface area contributed by atoms with E-state index in [9.17, 15) is 15.0 Å². The minimum atomic E-state index is -1.25. The minimum Gasteiger partial charge on any atom is -0.550 e. The Hall–Kier alpha value is -3.28. The Morgan fingerprint density at radius 2 is 2.12 bits per heavy atom. The third-order valence-corrected chi connectivity index (χ3v) is 3.45. The molecule has 3 rings (SSSR count). The number of methoxy groups -OCH3 is 1. The van der Waals surface area contributed by atoms with E-state index in [1.165, 1.54) is 13.2 Å². The Balaban J connectivity index is 2.05. The third kappa shape index (κ3) is 3.22. The van der Waals surface area contributed by atoms with Crippen molar-refractivity contribution in [3.63, 3.8) is 0 Å². The first-order chi connectivity index (χ1) is 11.6. The number of aromatic nitrogens is 1. The summed E-state index contributed by atoms with van der Waals surface area (Å²) in [6, 6.07) is 11.9. The molecule has 3 aromatic rings. The number of oxazole rings is 1. The van der Waals surface area contributed by atoms with E-state index in [1.807, 2.05) is 6.07 Å². The number of phenols is 1. The highest BCUT2D eigenvalue weighted by atomic mass is 16.5. The molecule has 0 aliphatic carbocycles. The lowest BCUT2D eigenvalue weighted by Gasteiger charge is -2.07. The van der Waals surface area contributed by atoms with Crippen molar-refractivity contribution >= 4 is 28.7 Å². The van der Waals surface area contributed by atoms with Crippen molar-refractivity contribution in [3.8, 4) is 11.5 Å². The molecule has 6 nitrogen and oxygen atoms in total. The molecule has 0 atom stereocenters. The Morgan fingerprint density at radius 1 is 1.33 bits per heavy atom. The summed E-state index contributed by atoms with van der Waals surface area (Å²) in [5.41, 5.74) is 2.13. The number of carbonyl (C=O) groups excluding carboxylic acids is 1. The number of para-hydroxylation sites is 2. The number of benzene rings is 2. The highest BCUT2D eigenvalue weighted by Gasteiger charge is 2.12. The van der Waals surface area contributed by atoms with E-state index in [1.54, 1.807) is 36.4 Å². The van der Waals surface area contributed by atoms with Crippen LogP contribution in [0.4, 0.5) is 0 Å². The Labute approximate surface area is 137 Å². The quantitative estimate of drug-likeness (QED) is 0.773. The van der Waals surface area contributed by atoms with E-state index < -0.39 is 5.97 Å². The first-order valence-corrected chi connectivity index (χ1v) is 7.20. The van der Waals surface area contributed by atoms with E-state index >= 15 is 0 Å². The number of rotatable bonds is 5. The summed E-state index contributed by atoms with van der Waals surface area (Å²) in [6.07, 6.45) is 1.22. The average Bonchev–Trinajstić information content (AvgIpc) is 2.98. The van der Waals surface area contributed by atoms with Crippen molar-refractivity contribution in [2.24, 2.45) is 0 Å². The number of hydrogen-bond donors (Lipinski definition) is 1. The van der Waals surface area contributed by atoms with Crippen LogP contribution < -0.4 is 9.84 Å². The van der Waals surface area contributed by atoms with Crippen LogP contribution >= 0.6 is 0 Å². The second-order valence-electron chi connectivity index (χ2n) is 5.14. The van der Waals surface area contributed by atoms with Gasteiger partial charge in [-0.1, -0.05) is 18.2 Å². The molecule has 0 aliphatic heterocycles. The van der Waals surface area contributed by atoms with Crippen LogP contribution in [0.2, 0.25) is 0 Å². The molecule has 0 unspecified atom stereocenters. The van der Waals surface area contributed by atoms with Crippen LogP contribution in [0.5, 0.6) is 11.5 Å². The average molecular weight is 324 g/mol. The van der Waals surface area contributed by atoms with E-state index in [4.69, 9.17) is 9.15 Å². The zero-order chi connectivity index (χ0) is 17.1. The van der Waals surface area contributed by atoms with Crippen LogP contribution in [0.15, 0.2) is 46.9 Å². The van der Waals surface area contributed by atoms with Crippen molar-refractivity contribution in [1.29, 1.82) is 0 Å². The first kappa shape index (κ1) is 15.6. The molecule has 0 aliphatic rings. The number of nitrogens with zero attached hydrogens (tertiary/aromatic N) is 1. The molecule has 1 aromatic heterocycles. The molecule has 0 spiro atoms. The first-order valence-electron chi connectivity index (χ1n) is 7.20. The Kier molecular flexibility index (Phi) is 4.20. The maximum Gasteiger partial charge on any atom is 0.223 e. The number of carboxylic acids is 1. The summed E-state index contributed by atoms with van der Waals surface area (Å²) in [5.74, 6) is -0.760. The molecule has 0 fully saturated rings. The number of carboxylic acid groups (broad SMARTS) is 1. The van der Waals surface area contributed by atoms with Gasteiger partial charge in [-0.2, -0.15) is 0 Å². The number of aromatic hydroxyl groups is 1. The molecule has 2 aromatic carbocycles.